The van der Waals surface area contributed by atoms with Crippen LogP contribution in [0.5, 0.6) is 0 Å². The van der Waals surface area contributed by atoms with Crippen LogP contribution in [0.4, 0.5) is 0 Å². The predicted octanol–water partition coefficient (Wildman–Crippen LogP) is 8.07. The SMILES string of the molecule is Cc1ccc(S(=O)(=O)O[C@@H]2CCCC[C@H]2C(/C=C/[Si](c2ccccc2)(c2ccccc2)c2ccccc2)[Si](c2ccccc2)(c2ccccc2)c2ccccc2)cc1. The molecule has 3 atom stereocenters. The van der Waals surface area contributed by atoms with Crippen LogP contribution < -0.4 is 31.1 Å². The fourth-order valence-corrected chi connectivity index (χ4v) is 20.8. The smallest absolute Gasteiger partial charge is 0.263 e. The molecule has 7 aromatic rings. The maximum Gasteiger partial charge on any atom is 0.297 e. The van der Waals surface area contributed by atoms with Crippen LogP contribution in [-0.2, 0) is 14.3 Å². The summed E-state index contributed by atoms with van der Waals surface area (Å²) in [5, 5.41) is 7.77. The predicted molar refractivity (Wildman–Crippen MR) is 246 cm³/mol. The summed E-state index contributed by atoms with van der Waals surface area (Å²) in [4.78, 5) is 0.204. The Labute approximate surface area is 346 Å². The molecule has 1 aliphatic rings. The molecule has 0 radical (unpaired) electrons. The minimum absolute atomic E-state index is 0.0961. The largest absolute Gasteiger partial charge is 0.297 e. The van der Waals surface area contributed by atoms with Gasteiger partial charge in [-0.15, -0.1) is 0 Å². The van der Waals surface area contributed by atoms with Crippen LogP contribution in [0.1, 0.15) is 31.2 Å². The van der Waals surface area contributed by atoms with E-state index < -0.39 is 32.4 Å². The zero-order chi connectivity index (χ0) is 39.8. The standard InChI is InChI=1S/C52H50O3SSi2/c1-42-36-38-43(39-37-42)56(53,54)55-51-35-21-20-34-50(51)52(58(47-28-14-5-15-29-47,48-30-16-6-17-31-48)49-32-18-7-19-33-49)40-41-57(44-22-8-2-9-23-44,45-24-10-3-11-25-45)46-26-12-4-13-27-46/h2-19,22-33,36-41,50-52H,20-21,34-35H2,1H3/b41-40+/t50-,51-,52?/m1/s1. The van der Waals surface area contributed by atoms with Gasteiger partial charge in [0, 0.05) is 0 Å². The molecule has 0 aromatic heterocycles. The van der Waals surface area contributed by atoms with Crippen molar-refractivity contribution < 1.29 is 12.6 Å². The van der Waals surface area contributed by atoms with Gasteiger partial charge < -0.3 is 0 Å². The minimum atomic E-state index is -4.05. The molecule has 6 heteroatoms. The van der Waals surface area contributed by atoms with Gasteiger partial charge in [-0.05, 0) is 74.5 Å². The van der Waals surface area contributed by atoms with E-state index in [0.29, 0.717) is 6.42 Å². The lowest BCUT2D eigenvalue weighted by atomic mass is 9.84. The molecule has 0 N–H and O–H groups in total. The van der Waals surface area contributed by atoms with Gasteiger partial charge in [-0.1, -0.05) is 224 Å². The van der Waals surface area contributed by atoms with Crippen molar-refractivity contribution >= 4 is 57.4 Å². The Kier molecular flexibility index (Phi) is 12.0. The summed E-state index contributed by atoms with van der Waals surface area (Å²) < 4.78 is 35.1. The van der Waals surface area contributed by atoms with Crippen LogP contribution in [0.3, 0.4) is 0 Å². The van der Waals surface area contributed by atoms with E-state index in [1.54, 1.807) is 12.1 Å². The number of benzene rings is 7. The van der Waals surface area contributed by atoms with Gasteiger partial charge in [0.2, 0.25) is 0 Å². The average Bonchev–Trinajstić information content (AvgIpc) is 3.29. The van der Waals surface area contributed by atoms with E-state index in [1.807, 2.05) is 19.1 Å². The molecule has 0 aliphatic heterocycles. The second-order valence-electron chi connectivity index (χ2n) is 15.5. The molecule has 0 amide bonds. The van der Waals surface area contributed by atoms with Crippen molar-refractivity contribution in [1.29, 1.82) is 0 Å². The molecule has 1 fully saturated rings. The molecule has 0 heterocycles. The first-order valence-electron chi connectivity index (χ1n) is 20.5. The highest BCUT2D eigenvalue weighted by Gasteiger charge is 2.52. The van der Waals surface area contributed by atoms with E-state index in [1.165, 1.54) is 31.1 Å². The third kappa shape index (κ3) is 7.78. The fraction of sp³-hybridized carbons (Fsp3) is 0.154. The monoisotopic (exact) mass is 810 g/mol. The lowest BCUT2D eigenvalue weighted by molar-refractivity contribution is 0.0998. The molecule has 8 rings (SSSR count). The number of allylic oxidation sites excluding steroid dienone is 1. The summed E-state index contributed by atoms with van der Waals surface area (Å²) in [5.74, 6) is -0.105. The molecule has 58 heavy (non-hydrogen) atoms. The van der Waals surface area contributed by atoms with Crippen LogP contribution >= 0.6 is 0 Å². The van der Waals surface area contributed by atoms with Crippen LogP contribution in [0.2, 0.25) is 5.54 Å². The average molecular weight is 811 g/mol. The van der Waals surface area contributed by atoms with Crippen LogP contribution in [0.25, 0.3) is 0 Å². The Hall–Kier alpha value is -5.38. The van der Waals surface area contributed by atoms with Crippen molar-refractivity contribution in [3.63, 3.8) is 0 Å². The molecule has 1 saturated carbocycles. The summed E-state index contributed by atoms with van der Waals surface area (Å²) in [7, 11) is -10.0. The van der Waals surface area contributed by atoms with Crippen molar-refractivity contribution in [2.24, 2.45) is 5.92 Å². The van der Waals surface area contributed by atoms with Crippen molar-refractivity contribution in [3.8, 4) is 0 Å². The summed E-state index contributed by atoms with van der Waals surface area (Å²) in [5.41, 5.74) is 3.50. The van der Waals surface area contributed by atoms with Crippen LogP contribution in [0, 0.1) is 12.8 Å². The summed E-state index contributed by atoms with van der Waals surface area (Å²) >= 11 is 0. The summed E-state index contributed by atoms with van der Waals surface area (Å²) in [6.45, 7) is 1.97. The Morgan fingerprint density at radius 2 is 0.862 bits per heavy atom. The van der Waals surface area contributed by atoms with Crippen molar-refractivity contribution in [1.82, 2.24) is 0 Å². The number of rotatable bonds is 13. The van der Waals surface area contributed by atoms with E-state index in [9.17, 15) is 8.42 Å². The second-order valence-corrected chi connectivity index (χ2v) is 24.8. The van der Waals surface area contributed by atoms with E-state index >= 15 is 0 Å². The topological polar surface area (TPSA) is 43.4 Å². The van der Waals surface area contributed by atoms with E-state index in [0.717, 1.165) is 24.8 Å². The second kappa shape index (κ2) is 17.6. The molecule has 1 unspecified atom stereocenters. The Morgan fingerprint density at radius 1 is 0.500 bits per heavy atom. The van der Waals surface area contributed by atoms with Crippen molar-refractivity contribution in [2.45, 2.75) is 49.1 Å². The zero-order valence-corrected chi connectivity index (χ0v) is 35.8. The van der Waals surface area contributed by atoms with E-state index in [4.69, 9.17) is 4.18 Å². The lowest BCUT2D eigenvalue weighted by Crippen LogP contribution is -2.71. The Bertz CT molecular complexity index is 2310. The molecule has 0 spiro atoms. The highest BCUT2D eigenvalue weighted by Crippen LogP contribution is 2.43. The van der Waals surface area contributed by atoms with Crippen LogP contribution in [-0.4, -0.2) is 30.7 Å². The minimum Gasteiger partial charge on any atom is -0.263 e. The van der Waals surface area contributed by atoms with Gasteiger partial charge in [-0.25, -0.2) is 0 Å². The van der Waals surface area contributed by atoms with E-state index in [2.05, 4.69) is 194 Å². The number of aryl methyl sites for hydroxylation is 1. The van der Waals surface area contributed by atoms with Crippen molar-refractivity contribution in [2.75, 3.05) is 0 Å². The Balaban J connectivity index is 1.44. The first kappa shape index (κ1) is 39.4. The number of hydrogen-bond donors (Lipinski definition) is 0. The molecule has 1 aliphatic carbocycles. The molecular weight excluding hydrogens is 761 g/mol. The maximum atomic E-state index is 14.3. The first-order valence-corrected chi connectivity index (χ1v) is 26.0. The third-order valence-corrected chi connectivity index (χ3v) is 23.3. The first-order chi connectivity index (χ1) is 28.4. The van der Waals surface area contributed by atoms with Gasteiger partial charge in [-0.2, -0.15) is 8.42 Å². The molecule has 3 nitrogen and oxygen atoms in total. The lowest BCUT2D eigenvalue weighted by Gasteiger charge is -2.47. The van der Waals surface area contributed by atoms with Crippen molar-refractivity contribution in [3.05, 3.63) is 224 Å². The summed E-state index contributed by atoms with van der Waals surface area (Å²) in [6.07, 6.45) is 5.47. The van der Waals surface area contributed by atoms with Gasteiger partial charge >= 0.3 is 0 Å². The van der Waals surface area contributed by atoms with Gasteiger partial charge in [-0.3, -0.25) is 4.18 Å². The van der Waals surface area contributed by atoms with Gasteiger partial charge in [0.25, 0.3) is 10.1 Å². The molecule has 7 aromatic carbocycles. The normalized spacial score (nSPS) is 16.8. The van der Waals surface area contributed by atoms with Gasteiger partial charge in [0.15, 0.2) is 16.1 Å². The molecular formula is C52H50O3SSi2. The fourth-order valence-electron chi connectivity index (χ4n) is 9.51. The van der Waals surface area contributed by atoms with Gasteiger partial charge in [0.05, 0.1) is 11.0 Å². The highest BCUT2D eigenvalue weighted by molar-refractivity contribution is 7.86. The van der Waals surface area contributed by atoms with E-state index in [-0.39, 0.29) is 16.4 Å². The zero-order valence-electron chi connectivity index (χ0n) is 33.0. The van der Waals surface area contributed by atoms with Crippen LogP contribution in [0.15, 0.2) is 223 Å². The molecule has 0 bridgehead atoms. The third-order valence-electron chi connectivity index (χ3n) is 12.2. The molecule has 0 saturated heterocycles. The maximum absolute atomic E-state index is 14.3. The summed E-state index contributed by atoms with van der Waals surface area (Å²) in [6, 6.07) is 73.2. The quantitative estimate of drug-likeness (QED) is 0.0673. The van der Waals surface area contributed by atoms with Gasteiger partial charge in [0.1, 0.15) is 0 Å². The highest BCUT2D eigenvalue weighted by atomic mass is 32.2. The number of hydrogen-bond acceptors (Lipinski definition) is 3. The molecule has 290 valence electrons. The Morgan fingerprint density at radius 3 is 1.26 bits per heavy atom.